The number of pyridine rings is 1. The van der Waals surface area contributed by atoms with E-state index >= 15 is 0 Å². The van der Waals surface area contributed by atoms with Gasteiger partial charge in [-0.05, 0) is 36.2 Å². The maximum atomic E-state index is 4.80. The predicted molar refractivity (Wildman–Crippen MR) is 134 cm³/mol. The lowest BCUT2D eigenvalue weighted by atomic mass is 10.0. The number of rotatable bonds is 3. The first kappa shape index (κ1) is 18.8. The highest BCUT2D eigenvalue weighted by molar-refractivity contribution is 7.26. The van der Waals surface area contributed by atoms with Crippen LogP contribution in [0.4, 0.5) is 0 Å². The van der Waals surface area contributed by atoms with Crippen molar-refractivity contribution in [3.05, 3.63) is 103 Å². The van der Waals surface area contributed by atoms with E-state index in [4.69, 9.17) is 9.97 Å². The average Bonchev–Trinajstić information content (AvgIpc) is 3.23. The molecule has 0 radical (unpaired) electrons. The topological polar surface area (TPSA) is 38.7 Å². The Morgan fingerprint density at radius 2 is 1.44 bits per heavy atom. The summed E-state index contributed by atoms with van der Waals surface area (Å²) in [6, 6.07) is 29.7. The van der Waals surface area contributed by atoms with Crippen molar-refractivity contribution in [3.8, 4) is 33.6 Å². The number of thiophene rings is 1. The standard InChI is InChI=1S/C28H19N3S/c1-18-30-25(20-13-11-19(12-14-20)21-6-5-15-29-17-21)16-26(31-18)24-9-4-8-23-22-7-2-3-10-27(22)32-28(23)24/h2-17H,1H3. The molecule has 0 bridgehead atoms. The van der Waals surface area contributed by atoms with Gasteiger partial charge >= 0.3 is 0 Å². The highest BCUT2D eigenvalue weighted by atomic mass is 32.1. The van der Waals surface area contributed by atoms with Crippen molar-refractivity contribution in [3.63, 3.8) is 0 Å². The largest absolute Gasteiger partial charge is 0.264 e. The molecule has 3 nitrogen and oxygen atoms in total. The molecular formula is C28H19N3S. The van der Waals surface area contributed by atoms with E-state index in [1.807, 2.05) is 30.5 Å². The van der Waals surface area contributed by atoms with Gasteiger partial charge in [0.15, 0.2) is 0 Å². The van der Waals surface area contributed by atoms with Gasteiger partial charge in [-0.15, -0.1) is 11.3 Å². The molecule has 0 aliphatic carbocycles. The van der Waals surface area contributed by atoms with Crippen molar-refractivity contribution in [2.75, 3.05) is 0 Å². The summed E-state index contributed by atoms with van der Waals surface area (Å²) in [5, 5.41) is 2.58. The molecule has 0 spiro atoms. The molecule has 152 valence electrons. The highest BCUT2D eigenvalue weighted by Crippen LogP contribution is 2.39. The number of hydrogen-bond acceptors (Lipinski definition) is 4. The summed E-state index contributed by atoms with van der Waals surface area (Å²) in [6.45, 7) is 1.96. The van der Waals surface area contributed by atoms with Gasteiger partial charge in [-0.3, -0.25) is 4.98 Å². The molecule has 0 unspecified atom stereocenters. The van der Waals surface area contributed by atoms with Gasteiger partial charge in [-0.2, -0.15) is 0 Å². The fourth-order valence-corrected chi connectivity index (χ4v) is 5.39. The number of nitrogens with zero attached hydrogens (tertiary/aromatic N) is 3. The summed E-state index contributed by atoms with van der Waals surface area (Å²) in [4.78, 5) is 13.8. The van der Waals surface area contributed by atoms with Gasteiger partial charge in [-0.1, -0.05) is 66.7 Å². The third kappa shape index (κ3) is 3.26. The quantitative estimate of drug-likeness (QED) is 0.291. The van der Waals surface area contributed by atoms with Gasteiger partial charge in [0, 0.05) is 43.7 Å². The molecule has 0 aliphatic rings. The van der Waals surface area contributed by atoms with Gasteiger partial charge in [0.2, 0.25) is 0 Å². The van der Waals surface area contributed by atoms with E-state index in [9.17, 15) is 0 Å². The van der Waals surface area contributed by atoms with E-state index in [0.29, 0.717) is 0 Å². The van der Waals surface area contributed by atoms with Crippen molar-refractivity contribution < 1.29 is 0 Å². The zero-order valence-corrected chi connectivity index (χ0v) is 18.3. The summed E-state index contributed by atoms with van der Waals surface area (Å²) in [5.74, 6) is 0.770. The molecule has 0 amide bonds. The van der Waals surface area contributed by atoms with Crippen LogP contribution in [0.2, 0.25) is 0 Å². The van der Waals surface area contributed by atoms with E-state index in [2.05, 4.69) is 83.8 Å². The average molecular weight is 430 g/mol. The fourth-order valence-electron chi connectivity index (χ4n) is 4.17. The summed E-state index contributed by atoms with van der Waals surface area (Å²) >= 11 is 1.82. The Bertz CT molecular complexity index is 1570. The van der Waals surface area contributed by atoms with Crippen molar-refractivity contribution in [2.45, 2.75) is 6.92 Å². The van der Waals surface area contributed by atoms with Crippen LogP contribution >= 0.6 is 11.3 Å². The lowest BCUT2D eigenvalue weighted by molar-refractivity contribution is 1.06. The van der Waals surface area contributed by atoms with Gasteiger partial charge in [-0.25, -0.2) is 9.97 Å². The molecule has 4 heteroatoms. The van der Waals surface area contributed by atoms with E-state index < -0.39 is 0 Å². The molecule has 32 heavy (non-hydrogen) atoms. The Hall–Kier alpha value is -3.89. The van der Waals surface area contributed by atoms with E-state index in [-0.39, 0.29) is 0 Å². The van der Waals surface area contributed by atoms with Crippen molar-refractivity contribution in [1.82, 2.24) is 15.0 Å². The minimum absolute atomic E-state index is 0.770. The third-order valence-corrected chi connectivity index (χ3v) is 6.91. The first-order valence-electron chi connectivity index (χ1n) is 10.5. The lowest BCUT2D eigenvalue weighted by Crippen LogP contribution is -1.95. The van der Waals surface area contributed by atoms with Crippen LogP contribution in [0.3, 0.4) is 0 Å². The Kier molecular flexibility index (Phi) is 4.51. The second-order valence-corrected chi connectivity index (χ2v) is 8.84. The van der Waals surface area contributed by atoms with Crippen molar-refractivity contribution in [2.24, 2.45) is 0 Å². The normalized spacial score (nSPS) is 11.3. The summed E-state index contributed by atoms with van der Waals surface area (Å²) < 4.78 is 2.57. The summed E-state index contributed by atoms with van der Waals surface area (Å²) in [6.07, 6.45) is 3.67. The number of hydrogen-bond donors (Lipinski definition) is 0. The molecule has 3 heterocycles. The van der Waals surface area contributed by atoms with Gasteiger partial charge in [0.1, 0.15) is 5.82 Å². The molecule has 0 saturated heterocycles. The van der Waals surface area contributed by atoms with Crippen LogP contribution in [0.25, 0.3) is 53.8 Å². The molecule has 0 aliphatic heterocycles. The molecule has 0 N–H and O–H groups in total. The van der Waals surface area contributed by atoms with E-state index in [0.717, 1.165) is 39.5 Å². The van der Waals surface area contributed by atoms with Crippen LogP contribution in [0.1, 0.15) is 5.82 Å². The van der Waals surface area contributed by atoms with Crippen molar-refractivity contribution >= 4 is 31.5 Å². The Morgan fingerprint density at radius 3 is 2.28 bits per heavy atom. The van der Waals surface area contributed by atoms with Crippen LogP contribution < -0.4 is 0 Å². The number of aromatic nitrogens is 3. The smallest absolute Gasteiger partial charge is 0.126 e. The zero-order chi connectivity index (χ0) is 21.5. The maximum Gasteiger partial charge on any atom is 0.126 e. The SMILES string of the molecule is Cc1nc(-c2ccc(-c3cccnc3)cc2)cc(-c2cccc3c2sc2ccccc23)n1. The maximum absolute atomic E-state index is 4.80. The molecule has 0 fully saturated rings. The van der Waals surface area contributed by atoms with Gasteiger partial charge in [0.25, 0.3) is 0 Å². The monoisotopic (exact) mass is 429 g/mol. The van der Waals surface area contributed by atoms with Crippen molar-refractivity contribution in [1.29, 1.82) is 0 Å². The summed E-state index contributed by atoms with van der Waals surface area (Å²) in [5.41, 5.74) is 6.37. The van der Waals surface area contributed by atoms with Crippen LogP contribution in [-0.4, -0.2) is 15.0 Å². The van der Waals surface area contributed by atoms with Crippen LogP contribution in [0.5, 0.6) is 0 Å². The molecular weight excluding hydrogens is 410 g/mol. The molecule has 3 aromatic carbocycles. The molecule has 0 atom stereocenters. The minimum atomic E-state index is 0.770. The second kappa shape index (κ2) is 7.66. The Morgan fingerprint density at radius 1 is 0.656 bits per heavy atom. The highest BCUT2D eigenvalue weighted by Gasteiger charge is 2.13. The lowest BCUT2D eigenvalue weighted by Gasteiger charge is -2.09. The third-order valence-electron chi connectivity index (χ3n) is 5.69. The number of aryl methyl sites for hydroxylation is 1. The fraction of sp³-hybridized carbons (Fsp3) is 0.0357. The van der Waals surface area contributed by atoms with Gasteiger partial charge < -0.3 is 0 Å². The Labute approximate surface area is 190 Å². The van der Waals surface area contributed by atoms with E-state index in [1.165, 1.54) is 20.2 Å². The van der Waals surface area contributed by atoms with E-state index in [1.54, 1.807) is 6.20 Å². The minimum Gasteiger partial charge on any atom is -0.264 e. The first-order valence-corrected chi connectivity index (χ1v) is 11.3. The summed E-state index contributed by atoms with van der Waals surface area (Å²) in [7, 11) is 0. The first-order chi connectivity index (χ1) is 15.8. The number of benzene rings is 3. The Balaban J connectivity index is 1.46. The second-order valence-electron chi connectivity index (χ2n) is 7.79. The molecule has 3 aromatic heterocycles. The predicted octanol–water partition coefficient (Wildman–Crippen LogP) is 7.55. The molecule has 6 aromatic rings. The van der Waals surface area contributed by atoms with Crippen LogP contribution in [0.15, 0.2) is 97.3 Å². The number of fused-ring (bicyclic) bond motifs is 3. The van der Waals surface area contributed by atoms with Crippen LogP contribution in [-0.2, 0) is 0 Å². The molecule has 6 rings (SSSR count). The van der Waals surface area contributed by atoms with Crippen LogP contribution in [0, 0.1) is 6.92 Å². The van der Waals surface area contributed by atoms with Gasteiger partial charge in [0.05, 0.1) is 11.4 Å². The molecule has 0 saturated carbocycles. The zero-order valence-electron chi connectivity index (χ0n) is 17.5.